The molecule has 0 bridgehead atoms. The van der Waals surface area contributed by atoms with E-state index in [2.05, 4.69) is 15.0 Å². The SMILES string of the molecule is CNS(=O)(=O)c1ccc(NCC2CCCCC2)c(-c2cn(C)cn2)c1. The fraction of sp³-hybridized carbons (Fsp3) is 0.500. The molecule has 0 radical (unpaired) electrons. The minimum Gasteiger partial charge on any atom is -0.384 e. The van der Waals surface area contributed by atoms with Crippen molar-refractivity contribution in [3.63, 3.8) is 0 Å². The van der Waals surface area contributed by atoms with Gasteiger partial charge in [-0.3, -0.25) is 0 Å². The van der Waals surface area contributed by atoms with Crippen molar-refractivity contribution in [3.05, 3.63) is 30.7 Å². The first kappa shape index (κ1) is 17.9. The van der Waals surface area contributed by atoms with Crippen molar-refractivity contribution in [3.8, 4) is 11.3 Å². The predicted molar refractivity (Wildman–Crippen MR) is 100.0 cm³/mol. The summed E-state index contributed by atoms with van der Waals surface area (Å²) in [6.07, 6.45) is 10.1. The molecule has 1 saturated carbocycles. The highest BCUT2D eigenvalue weighted by atomic mass is 32.2. The van der Waals surface area contributed by atoms with E-state index in [0.717, 1.165) is 23.5 Å². The minimum absolute atomic E-state index is 0.249. The van der Waals surface area contributed by atoms with Crippen LogP contribution in [-0.2, 0) is 17.1 Å². The molecule has 25 heavy (non-hydrogen) atoms. The van der Waals surface area contributed by atoms with Gasteiger partial charge in [0.05, 0.1) is 16.9 Å². The Bertz CT molecular complexity index is 823. The second kappa shape index (κ2) is 7.58. The molecule has 136 valence electrons. The molecule has 2 N–H and O–H groups in total. The van der Waals surface area contributed by atoms with Gasteiger partial charge in [0.15, 0.2) is 0 Å². The summed E-state index contributed by atoms with van der Waals surface area (Å²) in [5, 5.41) is 3.52. The molecule has 1 aromatic heterocycles. The summed E-state index contributed by atoms with van der Waals surface area (Å²) >= 11 is 0. The van der Waals surface area contributed by atoms with Crippen LogP contribution in [0.1, 0.15) is 32.1 Å². The van der Waals surface area contributed by atoms with Crippen molar-refractivity contribution in [2.45, 2.75) is 37.0 Å². The smallest absolute Gasteiger partial charge is 0.240 e. The molecule has 1 fully saturated rings. The van der Waals surface area contributed by atoms with Gasteiger partial charge >= 0.3 is 0 Å². The maximum absolute atomic E-state index is 12.1. The van der Waals surface area contributed by atoms with Crippen LogP contribution in [-0.4, -0.2) is 31.6 Å². The lowest BCUT2D eigenvalue weighted by molar-refractivity contribution is 0.373. The fourth-order valence-electron chi connectivity index (χ4n) is 3.37. The minimum atomic E-state index is -3.49. The van der Waals surface area contributed by atoms with Crippen molar-refractivity contribution in [2.75, 3.05) is 18.9 Å². The van der Waals surface area contributed by atoms with Gasteiger partial charge < -0.3 is 9.88 Å². The first-order valence-electron chi connectivity index (χ1n) is 8.79. The number of imidazole rings is 1. The molecule has 0 amide bonds. The highest BCUT2D eigenvalue weighted by Crippen LogP contribution is 2.31. The highest BCUT2D eigenvalue weighted by molar-refractivity contribution is 7.89. The standard InChI is InChI=1S/C18H26N4O2S/c1-19-25(23,24)15-8-9-17(20-11-14-6-4-3-5-7-14)16(10-15)18-12-22(2)13-21-18/h8-10,12-14,19-20H,3-7,11H2,1-2H3. The molecule has 2 aromatic rings. The Labute approximate surface area is 149 Å². The average molecular weight is 362 g/mol. The number of hydrogen-bond donors (Lipinski definition) is 2. The third kappa shape index (κ3) is 4.22. The molecular formula is C18H26N4O2S. The molecule has 0 unspecified atom stereocenters. The number of nitrogens with one attached hydrogen (secondary N) is 2. The number of benzene rings is 1. The summed E-state index contributed by atoms with van der Waals surface area (Å²) in [6, 6.07) is 5.18. The van der Waals surface area contributed by atoms with Crippen molar-refractivity contribution in [1.82, 2.24) is 14.3 Å². The van der Waals surface area contributed by atoms with Gasteiger partial charge in [-0.05, 0) is 44.0 Å². The fourth-order valence-corrected chi connectivity index (χ4v) is 4.13. The van der Waals surface area contributed by atoms with E-state index in [0.29, 0.717) is 5.92 Å². The Morgan fingerprint density at radius 1 is 1.24 bits per heavy atom. The predicted octanol–water partition coefficient (Wildman–Crippen LogP) is 2.99. The van der Waals surface area contributed by atoms with E-state index in [-0.39, 0.29) is 4.90 Å². The van der Waals surface area contributed by atoms with E-state index < -0.39 is 10.0 Å². The van der Waals surface area contributed by atoms with Gasteiger partial charge in [0.2, 0.25) is 10.0 Å². The molecule has 1 aliphatic rings. The van der Waals surface area contributed by atoms with Crippen molar-refractivity contribution < 1.29 is 8.42 Å². The lowest BCUT2D eigenvalue weighted by Gasteiger charge is -2.23. The maximum atomic E-state index is 12.1. The lowest BCUT2D eigenvalue weighted by Crippen LogP contribution is -2.19. The van der Waals surface area contributed by atoms with Gasteiger partial charge in [0.1, 0.15) is 0 Å². The summed E-state index contributed by atoms with van der Waals surface area (Å²) in [6.45, 7) is 0.915. The van der Waals surface area contributed by atoms with E-state index in [1.54, 1.807) is 18.5 Å². The van der Waals surface area contributed by atoms with Gasteiger partial charge in [0, 0.05) is 31.0 Å². The number of aromatic nitrogens is 2. The van der Waals surface area contributed by atoms with Gasteiger partial charge in [-0.25, -0.2) is 18.1 Å². The first-order valence-corrected chi connectivity index (χ1v) is 10.3. The van der Waals surface area contributed by atoms with Crippen LogP contribution in [0.3, 0.4) is 0 Å². The molecule has 1 heterocycles. The number of sulfonamides is 1. The number of hydrogen-bond acceptors (Lipinski definition) is 4. The van der Waals surface area contributed by atoms with Crippen LogP contribution in [0.15, 0.2) is 35.6 Å². The summed E-state index contributed by atoms with van der Waals surface area (Å²) in [5.74, 6) is 0.686. The number of aryl methyl sites for hydroxylation is 1. The molecule has 1 aliphatic carbocycles. The number of rotatable bonds is 6. The molecule has 0 atom stereocenters. The van der Waals surface area contributed by atoms with E-state index in [1.807, 2.05) is 23.9 Å². The lowest BCUT2D eigenvalue weighted by atomic mass is 9.89. The summed E-state index contributed by atoms with van der Waals surface area (Å²) < 4.78 is 28.5. The van der Waals surface area contributed by atoms with Crippen LogP contribution >= 0.6 is 0 Å². The summed E-state index contributed by atoms with van der Waals surface area (Å²) in [4.78, 5) is 4.65. The molecular weight excluding hydrogens is 336 g/mol. The van der Waals surface area contributed by atoms with Gasteiger partial charge in [-0.1, -0.05) is 19.3 Å². The molecule has 0 spiro atoms. The monoisotopic (exact) mass is 362 g/mol. The average Bonchev–Trinajstić information content (AvgIpc) is 3.07. The maximum Gasteiger partial charge on any atom is 0.240 e. The normalized spacial score (nSPS) is 16.1. The van der Waals surface area contributed by atoms with E-state index in [1.165, 1.54) is 39.2 Å². The Morgan fingerprint density at radius 3 is 2.64 bits per heavy atom. The van der Waals surface area contributed by atoms with E-state index >= 15 is 0 Å². The molecule has 1 aromatic carbocycles. The van der Waals surface area contributed by atoms with Crippen LogP contribution in [0.4, 0.5) is 5.69 Å². The largest absolute Gasteiger partial charge is 0.384 e. The van der Waals surface area contributed by atoms with Crippen molar-refractivity contribution >= 4 is 15.7 Å². The first-order chi connectivity index (χ1) is 12.0. The zero-order chi connectivity index (χ0) is 17.9. The van der Waals surface area contributed by atoms with Crippen LogP contribution in [0.25, 0.3) is 11.3 Å². The molecule has 3 rings (SSSR count). The molecule has 7 heteroatoms. The highest BCUT2D eigenvalue weighted by Gasteiger charge is 2.18. The third-order valence-corrected chi connectivity index (χ3v) is 6.27. The van der Waals surface area contributed by atoms with Gasteiger partial charge in [0.25, 0.3) is 0 Å². The summed E-state index contributed by atoms with van der Waals surface area (Å²) in [7, 11) is -0.162. The zero-order valence-electron chi connectivity index (χ0n) is 14.8. The Morgan fingerprint density at radius 2 is 2.00 bits per heavy atom. The molecule has 0 saturated heterocycles. The van der Waals surface area contributed by atoms with Crippen LogP contribution in [0.2, 0.25) is 0 Å². The van der Waals surface area contributed by atoms with E-state index in [4.69, 9.17) is 0 Å². The van der Waals surface area contributed by atoms with Crippen molar-refractivity contribution in [1.29, 1.82) is 0 Å². The second-order valence-electron chi connectivity index (χ2n) is 6.72. The Balaban J connectivity index is 1.90. The molecule has 6 nitrogen and oxygen atoms in total. The summed E-state index contributed by atoms with van der Waals surface area (Å²) in [5.41, 5.74) is 2.51. The Hall–Kier alpha value is -1.86. The van der Waals surface area contributed by atoms with Crippen LogP contribution in [0.5, 0.6) is 0 Å². The quantitative estimate of drug-likeness (QED) is 0.828. The van der Waals surface area contributed by atoms with Gasteiger partial charge in [-0.2, -0.15) is 0 Å². The Kier molecular flexibility index (Phi) is 5.44. The van der Waals surface area contributed by atoms with Crippen LogP contribution in [0, 0.1) is 5.92 Å². The topological polar surface area (TPSA) is 76.0 Å². The van der Waals surface area contributed by atoms with Crippen LogP contribution < -0.4 is 10.0 Å². The molecule has 0 aliphatic heterocycles. The van der Waals surface area contributed by atoms with E-state index in [9.17, 15) is 8.42 Å². The zero-order valence-corrected chi connectivity index (χ0v) is 15.6. The number of nitrogens with zero attached hydrogens (tertiary/aromatic N) is 2. The van der Waals surface area contributed by atoms with Crippen molar-refractivity contribution in [2.24, 2.45) is 13.0 Å². The van der Waals surface area contributed by atoms with Gasteiger partial charge in [-0.15, -0.1) is 0 Å². The third-order valence-electron chi connectivity index (χ3n) is 4.86. The number of anilines is 1. The second-order valence-corrected chi connectivity index (χ2v) is 8.61.